The maximum absolute atomic E-state index is 11.4. The van der Waals surface area contributed by atoms with Crippen LogP contribution in [0, 0.1) is 11.3 Å². The van der Waals surface area contributed by atoms with Crippen molar-refractivity contribution in [3.63, 3.8) is 0 Å². The van der Waals surface area contributed by atoms with Gasteiger partial charge in [-0.1, -0.05) is 11.6 Å². The summed E-state index contributed by atoms with van der Waals surface area (Å²) in [6.07, 6.45) is 0.578. The molecule has 0 bridgehead atoms. The summed E-state index contributed by atoms with van der Waals surface area (Å²) in [4.78, 5) is 5.89. The Morgan fingerprint density at radius 3 is 2.83 bits per heavy atom. The molecule has 1 unspecified atom stereocenters. The molecule has 0 aliphatic carbocycles. The van der Waals surface area contributed by atoms with E-state index in [0.717, 1.165) is 0 Å². The summed E-state index contributed by atoms with van der Waals surface area (Å²) in [5.41, 5.74) is 0.415. The van der Waals surface area contributed by atoms with Gasteiger partial charge in [0.05, 0.1) is 23.1 Å². The molecule has 2 rings (SSSR count). The van der Waals surface area contributed by atoms with Gasteiger partial charge in [0.2, 0.25) is 0 Å². The molecule has 1 aliphatic rings. The number of nitriles is 1. The van der Waals surface area contributed by atoms with Crippen molar-refractivity contribution < 1.29 is 8.42 Å². The quantitative estimate of drug-likeness (QED) is 0.764. The lowest BCUT2D eigenvalue weighted by Gasteiger charge is -2.24. The third-order valence-electron chi connectivity index (χ3n) is 3.03. The summed E-state index contributed by atoms with van der Waals surface area (Å²) < 4.78 is 22.9. The van der Waals surface area contributed by atoms with Gasteiger partial charge in [0.15, 0.2) is 9.84 Å². The van der Waals surface area contributed by atoms with Crippen molar-refractivity contribution >= 4 is 27.3 Å². The van der Waals surface area contributed by atoms with E-state index in [4.69, 9.17) is 16.9 Å². The number of hydrogen-bond acceptors (Lipinski definition) is 5. The molecule has 1 aliphatic heterocycles. The molecule has 0 saturated carbocycles. The van der Waals surface area contributed by atoms with E-state index in [9.17, 15) is 8.42 Å². The van der Waals surface area contributed by atoms with Crippen LogP contribution in [0.1, 0.15) is 12.0 Å². The Kier molecular flexibility index (Phi) is 3.46. The highest BCUT2D eigenvalue weighted by molar-refractivity contribution is 7.91. The maximum atomic E-state index is 11.4. The molecular weight excluding hydrogens is 274 g/mol. The smallest absolute Gasteiger partial charge is 0.152 e. The molecule has 2 heterocycles. The van der Waals surface area contributed by atoms with E-state index in [1.165, 1.54) is 6.07 Å². The average molecular weight is 286 g/mol. The van der Waals surface area contributed by atoms with Gasteiger partial charge in [-0.05, 0) is 18.6 Å². The number of nitrogens with zero attached hydrogens (tertiary/aromatic N) is 3. The molecule has 0 amide bonds. The maximum Gasteiger partial charge on any atom is 0.152 e. The number of aromatic nitrogens is 1. The molecule has 5 nitrogen and oxygen atoms in total. The molecule has 1 atom stereocenters. The van der Waals surface area contributed by atoms with E-state index in [1.54, 1.807) is 18.0 Å². The van der Waals surface area contributed by atoms with Gasteiger partial charge >= 0.3 is 0 Å². The molecular formula is C11H12ClN3O2S. The lowest BCUT2D eigenvalue weighted by molar-refractivity contribution is 0.600. The monoisotopic (exact) mass is 285 g/mol. The summed E-state index contributed by atoms with van der Waals surface area (Å²) in [5, 5.41) is 9.10. The Hall–Kier alpha value is -1.32. The molecule has 18 heavy (non-hydrogen) atoms. The van der Waals surface area contributed by atoms with Crippen LogP contribution in [0.2, 0.25) is 5.15 Å². The number of anilines is 1. The van der Waals surface area contributed by atoms with E-state index in [-0.39, 0.29) is 22.7 Å². The summed E-state index contributed by atoms with van der Waals surface area (Å²) in [6.45, 7) is 0. The van der Waals surface area contributed by atoms with Crippen LogP contribution in [0.3, 0.4) is 0 Å². The van der Waals surface area contributed by atoms with Gasteiger partial charge in [-0.25, -0.2) is 13.4 Å². The highest BCUT2D eigenvalue weighted by Gasteiger charge is 2.31. The number of sulfone groups is 1. The number of halogens is 1. The largest absolute Gasteiger partial charge is 0.356 e. The first kappa shape index (κ1) is 13.1. The SMILES string of the molecule is CN(c1cc(C#N)cc(Cl)n1)C1CCS(=O)(=O)C1. The van der Waals surface area contributed by atoms with Crippen molar-refractivity contribution in [2.75, 3.05) is 23.5 Å². The molecule has 7 heteroatoms. The minimum absolute atomic E-state index is 0.104. The van der Waals surface area contributed by atoms with Crippen molar-refractivity contribution in [1.82, 2.24) is 4.98 Å². The fourth-order valence-electron chi connectivity index (χ4n) is 2.00. The van der Waals surface area contributed by atoms with Gasteiger partial charge in [-0.15, -0.1) is 0 Å². The molecule has 96 valence electrons. The topological polar surface area (TPSA) is 74.1 Å². The zero-order valence-electron chi connectivity index (χ0n) is 9.80. The molecule has 1 aromatic rings. The standard InChI is InChI=1S/C11H12ClN3O2S/c1-15(9-2-3-18(16,17)7-9)11-5-8(6-13)4-10(12)14-11/h4-5,9H,2-3,7H2,1H3. The van der Waals surface area contributed by atoms with Crippen molar-refractivity contribution in [2.45, 2.75) is 12.5 Å². The second-order valence-corrected chi connectivity index (χ2v) is 6.93. The van der Waals surface area contributed by atoms with Gasteiger partial charge in [-0.2, -0.15) is 5.26 Å². The minimum atomic E-state index is -2.94. The zero-order valence-corrected chi connectivity index (χ0v) is 11.4. The summed E-state index contributed by atoms with van der Waals surface area (Å²) in [6, 6.07) is 4.98. The fourth-order valence-corrected chi connectivity index (χ4v) is 3.97. The Bertz CT molecular complexity index is 609. The molecule has 1 saturated heterocycles. The number of rotatable bonds is 2. The fraction of sp³-hybridized carbons (Fsp3) is 0.455. The van der Waals surface area contributed by atoms with E-state index in [1.807, 2.05) is 6.07 Å². The van der Waals surface area contributed by atoms with Crippen LogP contribution in [0.5, 0.6) is 0 Å². The molecule has 0 spiro atoms. The third-order valence-corrected chi connectivity index (χ3v) is 4.97. The highest BCUT2D eigenvalue weighted by Crippen LogP contribution is 2.23. The lowest BCUT2D eigenvalue weighted by Crippen LogP contribution is -2.33. The van der Waals surface area contributed by atoms with Crippen LogP contribution < -0.4 is 4.90 Å². The average Bonchev–Trinajstić information content (AvgIpc) is 2.67. The van der Waals surface area contributed by atoms with E-state index in [2.05, 4.69) is 4.98 Å². The van der Waals surface area contributed by atoms with Gasteiger partial charge < -0.3 is 4.90 Å². The lowest BCUT2D eigenvalue weighted by atomic mass is 10.2. The number of hydrogen-bond donors (Lipinski definition) is 0. The predicted molar refractivity (Wildman–Crippen MR) is 69.4 cm³/mol. The molecule has 0 N–H and O–H groups in total. The summed E-state index contributed by atoms with van der Waals surface area (Å²) in [7, 11) is -1.17. The van der Waals surface area contributed by atoms with Crippen LogP contribution >= 0.6 is 11.6 Å². The zero-order chi connectivity index (χ0) is 13.3. The Morgan fingerprint density at radius 2 is 2.28 bits per heavy atom. The summed E-state index contributed by atoms with van der Waals surface area (Å²) >= 11 is 5.83. The molecule has 0 radical (unpaired) electrons. The Labute approximate surface area is 111 Å². The highest BCUT2D eigenvalue weighted by atomic mass is 35.5. The van der Waals surface area contributed by atoms with Crippen molar-refractivity contribution in [3.8, 4) is 6.07 Å². The van der Waals surface area contributed by atoms with Crippen LogP contribution in [-0.2, 0) is 9.84 Å². The van der Waals surface area contributed by atoms with Crippen molar-refractivity contribution in [2.24, 2.45) is 0 Å². The van der Waals surface area contributed by atoms with Crippen LogP contribution in [0.4, 0.5) is 5.82 Å². The summed E-state index contributed by atoms with van der Waals surface area (Å²) in [5.74, 6) is 0.855. The minimum Gasteiger partial charge on any atom is -0.356 e. The van der Waals surface area contributed by atoms with Gasteiger partial charge in [-0.3, -0.25) is 0 Å². The second-order valence-electron chi connectivity index (χ2n) is 4.32. The van der Waals surface area contributed by atoms with Gasteiger partial charge in [0, 0.05) is 13.1 Å². The predicted octanol–water partition coefficient (Wildman–Crippen LogP) is 1.23. The van der Waals surface area contributed by atoms with Gasteiger partial charge in [0.25, 0.3) is 0 Å². The van der Waals surface area contributed by atoms with Gasteiger partial charge in [0.1, 0.15) is 11.0 Å². The Balaban J connectivity index is 2.27. The first-order chi connectivity index (χ1) is 8.41. The Morgan fingerprint density at radius 1 is 1.56 bits per heavy atom. The first-order valence-corrected chi connectivity index (χ1v) is 7.62. The van der Waals surface area contributed by atoms with Crippen molar-refractivity contribution in [1.29, 1.82) is 5.26 Å². The number of pyridine rings is 1. The van der Waals surface area contributed by atoms with Crippen LogP contribution in [0.15, 0.2) is 12.1 Å². The van der Waals surface area contributed by atoms with Crippen LogP contribution in [-0.4, -0.2) is 38.0 Å². The van der Waals surface area contributed by atoms with Crippen molar-refractivity contribution in [3.05, 3.63) is 22.8 Å². The molecule has 1 aromatic heterocycles. The van der Waals surface area contributed by atoms with E-state index >= 15 is 0 Å². The normalized spacial score (nSPS) is 21.5. The molecule has 0 aromatic carbocycles. The van der Waals surface area contributed by atoms with E-state index in [0.29, 0.717) is 17.8 Å². The third kappa shape index (κ3) is 2.74. The molecule has 1 fully saturated rings. The van der Waals surface area contributed by atoms with E-state index < -0.39 is 9.84 Å². The first-order valence-electron chi connectivity index (χ1n) is 5.42. The van der Waals surface area contributed by atoms with Crippen LogP contribution in [0.25, 0.3) is 0 Å². The second kappa shape index (κ2) is 4.75.